The van der Waals surface area contributed by atoms with Crippen molar-refractivity contribution in [3.63, 3.8) is 0 Å². The Morgan fingerprint density at radius 2 is 1.74 bits per heavy atom. The maximum Gasteiger partial charge on any atom is -0.00437 e. The molecule has 1 aliphatic carbocycles. The molecular weight excluding hydrogens is 278 g/mol. The molecule has 0 heterocycles. The first-order valence-corrected chi connectivity index (χ1v) is 10.7. The van der Waals surface area contributed by atoms with Gasteiger partial charge in [0.2, 0.25) is 0 Å². The maximum absolute atomic E-state index is 6.30. The van der Waals surface area contributed by atoms with E-state index in [2.05, 4.69) is 34.6 Å². The van der Waals surface area contributed by atoms with Crippen molar-refractivity contribution in [2.45, 2.75) is 105 Å². The fourth-order valence-electron chi connectivity index (χ4n) is 5.70. The third-order valence-electron chi connectivity index (χ3n) is 7.00. The van der Waals surface area contributed by atoms with Gasteiger partial charge in [0.25, 0.3) is 0 Å². The van der Waals surface area contributed by atoms with Crippen LogP contribution in [0.5, 0.6) is 0 Å². The minimum absolute atomic E-state index is 0.531. The van der Waals surface area contributed by atoms with E-state index in [4.69, 9.17) is 5.73 Å². The van der Waals surface area contributed by atoms with Gasteiger partial charge in [0.1, 0.15) is 0 Å². The van der Waals surface area contributed by atoms with Crippen LogP contribution in [-0.2, 0) is 0 Å². The van der Waals surface area contributed by atoms with E-state index < -0.39 is 0 Å². The summed E-state index contributed by atoms with van der Waals surface area (Å²) in [6.45, 7) is 13.1. The van der Waals surface area contributed by atoms with Crippen LogP contribution >= 0.6 is 0 Å². The number of unbranched alkanes of at least 4 members (excludes halogenated alkanes) is 1. The lowest BCUT2D eigenvalue weighted by Crippen LogP contribution is -2.36. The van der Waals surface area contributed by atoms with E-state index in [0.29, 0.717) is 5.41 Å². The zero-order chi connectivity index (χ0) is 17.3. The van der Waals surface area contributed by atoms with Crippen LogP contribution in [0.1, 0.15) is 105 Å². The van der Waals surface area contributed by atoms with Gasteiger partial charge in [-0.3, -0.25) is 0 Å². The van der Waals surface area contributed by atoms with Crippen molar-refractivity contribution in [1.82, 2.24) is 0 Å². The molecule has 0 bridgehead atoms. The van der Waals surface area contributed by atoms with Crippen LogP contribution < -0.4 is 5.73 Å². The zero-order valence-corrected chi connectivity index (χ0v) is 16.9. The van der Waals surface area contributed by atoms with Gasteiger partial charge in [-0.1, -0.05) is 86.0 Å². The molecule has 0 radical (unpaired) electrons. The van der Waals surface area contributed by atoms with Crippen molar-refractivity contribution in [1.29, 1.82) is 0 Å². The van der Waals surface area contributed by atoms with Gasteiger partial charge in [-0.05, 0) is 54.9 Å². The van der Waals surface area contributed by atoms with Crippen LogP contribution in [0, 0.1) is 29.1 Å². The third kappa shape index (κ3) is 6.07. The van der Waals surface area contributed by atoms with E-state index in [1.54, 1.807) is 0 Å². The molecule has 0 aliphatic heterocycles. The highest BCUT2D eigenvalue weighted by molar-refractivity contribution is 4.88. The highest BCUT2D eigenvalue weighted by Crippen LogP contribution is 2.47. The summed E-state index contributed by atoms with van der Waals surface area (Å²) >= 11 is 0. The fraction of sp³-hybridized carbons (Fsp3) is 1.00. The fourth-order valence-corrected chi connectivity index (χ4v) is 5.70. The third-order valence-corrected chi connectivity index (χ3v) is 7.00. The Kier molecular flexibility index (Phi) is 9.82. The Morgan fingerprint density at radius 1 is 1.04 bits per heavy atom. The van der Waals surface area contributed by atoms with Crippen LogP contribution in [0.4, 0.5) is 0 Å². The molecular formula is C22H45N. The molecule has 0 spiro atoms. The van der Waals surface area contributed by atoms with Gasteiger partial charge in [0.15, 0.2) is 0 Å². The molecule has 5 atom stereocenters. The molecule has 0 saturated heterocycles. The molecule has 1 rings (SSSR count). The van der Waals surface area contributed by atoms with Crippen LogP contribution in [0.2, 0.25) is 0 Å². The normalized spacial score (nSPS) is 36.8. The molecule has 0 aromatic heterocycles. The van der Waals surface area contributed by atoms with E-state index in [9.17, 15) is 0 Å². The van der Waals surface area contributed by atoms with Crippen LogP contribution in [-0.4, -0.2) is 6.54 Å². The van der Waals surface area contributed by atoms with Crippen LogP contribution in [0.25, 0.3) is 0 Å². The van der Waals surface area contributed by atoms with Gasteiger partial charge in [0, 0.05) is 0 Å². The van der Waals surface area contributed by atoms with E-state index in [0.717, 1.165) is 30.2 Å². The molecule has 5 unspecified atom stereocenters. The van der Waals surface area contributed by atoms with E-state index in [-0.39, 0.29) is 0 Å². The molecule has 2 N–H and O–H groups in total. The molecule has 1 saturated carbocycles. The second kappa shape index (κ2) is 10.7. The Morgan fingerprint density at radius 3 is 2.30 bits per heavy atom. The molecule has 1 heteroatoms. The summed E-state index contributed by atoms with van der Waals surface area (Å²) in [7, 11) is 0. The SMILES string of the molecule is CCCCC1CCCCC(CC)C(C)(CCC)CC(C)C1CN. The lowest BCUT2D eigenvalue weighted by Gasteiger charge is -2.44. The Balaban J connectivity index is 2.94. The summed E-state index contributed by atoms with van der Waals surface area (Å²) in [6.07, 6.45) is 15.3. The number of nitrogens with two attached hydrogens (primary N) is 1. The highest BCUT2D eigenvalue weighted by Gasteiger charge is 2.37. The lowest BCUT2D eigenvalue weighted by molar-refractivity contribution is 0.0707. The predicted molar refractivity (Wildman–Crippen MR) is 105 cm³/mol. The summed E-state index contributed by atoms with van der Waals surface area (Å²) in [5, 5.41) is 0. The van der Waals surface area contributed by atoms with Crippen molar-refractivity contribution in [2.24, 2.45) is 34.8 Å². The standard InChI is InChI=1S/C22H45N/c1-6-9-12-19-13-10-11-14-20(8-3)22(5,15-7-2)16-18(4)21(19)17-23/h18-21H,6-17,23H2,1-5H3. The summed E-state index contributed by atoms with van der Waals surface area (Å²) < 4.78 is 0. The van der Waals surface area contributed by atoms with Crippen LogP contribution in [0.15, 0.2) is 0 Å². The van der Waals surface area contributed by atoms with Crippen molar-refractivity contribution in [2.75, 3.05) is 6.54 Å². The average Bonchev–Trinajstić information content (AvgIpc) is 2.51. The summed E-state index contributed by atoms with van der Waals surface area (Å²) in [4.78, 5) is 0. The van der Waals surface area contributed by atoms with Crippen molar-refractivity contribution >= 4 is 0 Å². The zero-order valence-electron chi connectivity index (χ0n) is 16.9. The Bertz CT molecular complexity index is 300. The monoisotopic (exact) mass is 323 g/mol. The quantitative estimate of drug-likeness (QED) is 0.547. The van der Waals surface area contributed by atoms with Gasteiger partial charge in [-0.15, -0.1) is 0 Å². The molecule has 138 valence electrons. The minimum atomic E-state index is 0.531. The smallest absolute Gasteiger partial charge is 0.00437 e. The second-order valence-electron chi connectivity index (χ2n) is 8.78. The lowest BCUT2D eigenvalue weighted by atomic mass is 9.62. The Hall–Kier alpha value is -0.0400. The number of hydrogen-bond acceptors (Lipinski definition) is 1. The van der Waals surface area contributed by atoms with Gasteiger partial charge in [-0.25, -0.2) is 0 Å². The number of hydrogen-bond donors (Lipinski definition) is 1. The molecule has 23 heavy (non-hydrogen) atoms. The average molecular weight is 324 g/mol. The van der Waals surface area contributed by atoms with Gasteiger partial charge in [0.05, 0.1) is 0 Å². The highest BCUT2D eigenvalue weighted by atomic mass is 14.6. The summed E-state index contributed by atoms with van der Waals surface area (Å²) in [5.74, 6) is 3.31. The molecule has 0 aromatic rings. The van der Waals surface area contributed by atoms with Gasteiger partial charge >= 0.3 is 0 Å². The van der Waals surface area contributed by atoms with Gasteiger partial charge < -0.3 is 5.73 Å². The largest absolute Gasteiger partial charge is 0.330 e. The van der Waals surface area contributed by atoms with E-state index >= 15 is 0 Å². The summed E-state index contributed by atoms with van der Waals surface area (Å²) in [6, 6.07) is 0. The number of rotatable bonds is 7. The van der Waals surface area contributed by atoms with Crippen LogP contribution in [0.3, 0.4) is 0 Å². The molecule has 0 amide bonds. The van der Waals surface area contributed by atoms with Crippen molar-refractivity contribution in [3.05, 3.63) is 0 Å². The van der Waals surface area contributed by atoms with Crippen molar-refractivity contribution in [3.8, 4) is 0 Å². The van der Waals surface area contributed by atoms with Gasteiger partial charge in [-0.2, -0.15) is 0 Å². The van der Waals surface area contributed by atoms with Crippen molar-refractivity contribution < 1.29 is 0 Å². The summed E-state index contributed by atoms with van der Waals surface area (Å²) in [5.41, 5.74) is 6.83. The van der Waals surface area contributed by atoms with E-state index in [1.807, 2.05) is 0 Å². The second-order valence-corrected chi connectivity index (χ2v) is 8.78. The first kappa shape index (κ1) is 21.0. The first-order chi connectivity index (χ1) is 11.0. The molecule has 1 aliphatic rings. The minimum Gasteiger partial charge on any atom is -0.330 e. The molecule has 0 aromatic carbocycles. The predicted octanol–water partition coefficient (Wildman–Crippen LogP) is 6.80. The first-order valence-electron chi connectivity index (χ1n) is 10.7. The Labute approximate surface area is 147 Å². The van der Waals surface area contributed by atoms with E-state index in [1.165, 1.54) is 70.6 Å². The maximum atomic E-state index is 6.30. The molecule has 1 fully saturated rings. The topological polar surface area (TPSA) is 26.0 Å². The molecule has 1 nitrogen and oxygen atoms in total.